The van der Waals surface area contributed by atoms with Gasteiger partial charge in [0.05, 0.1) is 24.5 Å². The van der Waals surface area contributed by atoms with Gasteiger partial charge in [-0.3, -0.25) is 4.79 Å². The quantitative estimate of drug-likeness (QED) is 0.591. The van der Waals surface area contributed by atoms with E-state index in [1.807, 2.05) is 72.6 Å². The van der Waals surface area contributed by atoms with Gasteiger partial charge in [0.25, 0.3) is 5.91 Å². The number of benzene rings is 2. The lowest BCUT2D eigenvalue weighted by molar-refractivity contribution is 0.0539. The Labute approximate surface area is 177 Å². The van der Waals surface area contributed by atoms with Crippen LogP contribution in [0.15, 0.2) is 60.8 Å². The second-order valence-corrected chi connectivity index (χ2v) is 7.38. The molecule has 156 valence electrons. The van der Waals surface area contributed by atoms with Crippen LogP contribution in [0.5, 0.6) is 5.75 Å². The number of hydrogen-bond acceptors (Lipinski definition) is 4. The van der Waals surface area contributed by atoms with Gasteiger partial charge in [-0.2, -0.15) is 5.10 Å². The first kappa shape index (κ1) is 20.2. The summed E-state index contributed by atoms with van der Waals surface area (Å²) in [7, 11) is 1.64. The Balaban J connectivity index is 1.71. The highest BCUT2D eigenvalue weighted by Crippen LogP contribution is 2.27. The fraction of sp³-hybridized carbons (Fsp3) is 0.333. The third kappa shape index (κ3) is 4.24. The number of aromatic nitrogens is 2. The van der Waals surface area contributed by atoms with E-state index in [9.17, 15) is 4.79 Å². The van der Waals surface area contributed by atoms with Crippen molar-refractivity contribution in [1.82, 2.24) is 14.7 Å². The van der Waals surface area contributed by atoms with E-state index in [0.717, 1.165) is 36.4 Å². The number of carbonyl (C=O) groups excluding carboxylic acids is 1. The first-order valence-electron chi connectivity index (χ1n) is 10.4. The molecule has 0 bridgehead atoms. The molecule has 4 rings (SSSR count). The Morgan fingerprint density at radius 2 is 1.97 bits per heavy atom. The van der Waals surface area contributed by atoms with Crippen molar-refractivity contribution in [2.24, 2.45) is 0 Å². The predicted octanol–water partition coefficient (Wildman–Crippen LogP) is 4.19. The number of hydrogen-bond donors (Lipinski definition) is 0. The molecule has 0 aliphatic carbocycles. The minimum atomic E-state index is -0.0269. The molecule has 0 saturated carbocycles. The van der Waals surface area contributed by atoms with E-state index in [-0.39, 0.29) is 12.0 Å². The van der Waals surface area contributed by atoms with E-state index in [1.54, 1.807) is 11.8 Å². The summed E-state index contributed by atoms with van der Waals surface area (Å²) >= 11 is 0. The fourth-order valence-corrected chi connectivity index (χ4v) is 3.77. The number of amides is 1. The smallest absolute Gasteiger partial charge is 0.257 e. The summed E-state index contributed by atoms with van der Waals surface area (Å²) in [5, 5.41) is 4.77. The van der Waals surface area contributed by atoms with E-state index in [0.29, 0.717) is 24.3 Å². The lowest BCUT2D eigenvalue weighted by atomic mass is 10.1. The van der Waals surface area contributed by atoms with E-state index in [4.69, 9.17) is 14.6 Å². The third-order valence-corrected chi connectivity index (χ3v) is 5.45. The first-order chi connectivity index (χ1) is 14.7. The molecule has 2 aromatic carbocycles. The lowest BCUT2D eigenvalue weighted by Gasteiger charge is -2.24. The van der Waals surface area contributed by atoms with Crippen LogP contribution in [0.3, 0.4) is 0 Å². The molecule has 2 heterocycles. The van der Waals surface area contributed by atoms with Gasteiger partial charge in [-0.25, -0.2) is 4.68 Å². The van der Waals surface area contributed by atoms with Gasteiger partial charge >= 0.3 is 0 Å². The Morgan fingerprint density at radius 3 is 2.60 bits per heavy atom. The molecule has 1 fully saturated rings. The maximum absolute atomic E-state index is 13.5. The third-order valence-electron chi connectivity index (χ3n) is 5.45. The topological polar surface area (TPSA) is 56.6 Å². The van der Waals surface area contributed by atoms with Gasteiger partial charge in [-0.15, -0.1) is 0 Å². The van der Waals surface area contributed by atoms with E-state index in [2.05, 4.69) is 0 Å². The summed E-state index contributed by atoms with van der Waals surface area (Å²) in [6.45, 7) is 4.01. The Kier molecular flexibility index (Phi) is 6.14. The molecule has 30 heavy (non-hydrogen) atoms. The molecule has 6 nitrogen and oxygen atoms in total. The van der Waals surface area contributed by atoms with Crippen LogP contribution in [0.1, 0.15) is 30.1 Å². The summed E-state index contributed by atoms with van der Waals surface area (Å²) in [5.41, 5.74) is 3.04. The van der Waals surface area contributed by atoms with Gasteiger partial charge in [-0.05, 0) is 56.2 Å². The van der Waals surface area contributed by atoms with Crippen LogP contribution in [-0.4, -0.2) is 53.5 Å². The molecular formula is C24H27N3O3. The highest BCUT2D eigenvalue weighted by molar-refractivity contribution is 6.00. The van der Waals surface area contributed by atoms with Crippen LogP contribution in [0.4, 0.5) is 0 Å². The summed E-state index contributed by atoms with van der Waals surface area (Å²) < 4.78 is 12.8. The molecule has 3 aromatic rings. The van der Waals surface area contributed by atoms with Gasteiger partial charge in [0, 0.05) is 31.5 Å². The predicted molar refractivity (Wildman–Crippen MR) is 116 cm³/mol. The van der Waals surface area contributed by atoms with Crippen molar-refractivity contribution < 1.29 is 14.3 Å². The van der Waals surface area contributed by atoms with Crippen molar-refractivity contribution >= 4 is 5.91 Å². The van der Waals surface area contributed by atoms with Gasteiger partial charge in [-0.1, -0.05) is 18.2 Å². The molecule has 1 amide bonds. The number of carbonyl (C=O) groups is 1. The molecular weight excluding hydrogens is 378 g/mol. The highest BCUT2D eigenvalue weighted by Gasteiger charge is 2.26. The molecule has 1 aliphatic rings. The number of para-hydroxylation sites is 1. The number of methoxy groups -OCH3 is 1. The SMILES string of the molecule is CCN(C[C@@H]1CCCO1)C(=O)c1cn(-c2ccccc2)nc1-c1ccc(OC)cc1. The summed E-state index contributed by atoms with van der Waals surface area (Å²) in [4.78, 5) is 15.4. The number of ether oxygens (including phenoxy) is 2. The minimum absolute atomic E-state index is 0.0269. The van der Waals surface area contributed by atoms with Crippen molar-refractivity contribution in [2.75, 3.05) is 26.8 Å². The normalized spacial score (nSPS) is 15.9. The van der Waals surface area contributed by atoms with Crippen LogP contribution in [-0.2, 0) is 4.74 Å². The zero-order valence-electron chi connectivity index (χ0n) is 17.5. The average Bonchev–Trinajstić information content (AvgIpc) is 3.48. The van der Waals surface area contributed by atoms with E-state index in [1.165, 1.54) is 0 Å². The first-order valence-corrected chi connectivity index (χ1v) is 10.4. The summed E-state index contributed by atoms with van der Waals surface area (Å²) in [6, 6.07) is 17.5. The van der Waals surface area contributed by atoms with Crippen molar-refractivity contribution in [3.05, 3.63) is 66.4 Å². The number of likely N-dealkylation sites (N-methyl/N-ethyl adjacent to an activating group) is 1. The largest absolute Gasteiger partial charge is 0.497 e. The molecule has 1 atom stereocenters. The fourth-order valence-electron chi connectivity index (χ4n) is 3.77. The Hall–Kier alpha value is -3.12. The van der Waals surface area contributed by atoms with Crippen molar-refractivity contribution in [1.29, 1.82) is 0 Å². The highest BCUT2D eigenvalue weighted by atomic mass is 16.5. The maximum atomic E-state index is 13.5. The van der Waals surface area contributed by atoms with Crippen LogP contribution in [0.2, 0.25) is 0 Å². The summed E-state index contributed by atoms with van der Waals surface area (Å²) in [6.07, 6.45) is 4.00. The zero-order chi connectivity index (χ0) is 20.9. The molecule has 1 saturated heterocycles. The van der Waals surface area contributed by atoms with Gasteiger partial charge in [0.2, 0.25) is 0 Å². The van der Waals surface area contributed by atoms with Crippen LogP contribution in [0.25, 0.3) is 16.9 Å². The van der Waals surface area contributed by atoms with Crippen molar-refractivity contribution in [2.45, 2.75) is 25.9 Å². The van der Waals surface area contributed by atoms with Crippen LogP contribution >= 0.6 is 0 Å². The Bertz CT molecular complexity index is 977. The van der Waals surface area contributed by atoms with Crippen LogP contribution in [0, 0.1) is 0 Å². The minimum Gasteiger partial charge on any atom is -0.497 e. The molecule has 0 radical (unpaired) electrons. The second kappa shape index (κ2) is 9.13. The van der Waals surface area contributed by atoms with Gasteiger partial charge in [0.1, 0.15) is 11.4 Å². The van der Waals surface area contributed by atoms with E-state index < -0.39 is 0 Å². The molecule has 1 aromatic heterocycles. The molecule has 0 unspecified atom stereocenters. The standard InChI is InChI=1S/C24H27N3O3/c1-3-26(16-21-10-7-15-30-21)24(28)22-17-27(19-8-5-4-6-9-19)25-23(22)18-11-13-20(29-2)14-12-18/h4-6,8-9,11-14,17,21H,3,7,10,15-16H2,1-2H3/t21-/m0/s1. The molecule has 6 heteroatoms. The lowest BCUT2D eigenvalue weighted by Crippen LogP contribution is -2.37. The molecule has 1 aliphatic heterocycles. The van der Waals surface area contributed by atoms with Crippen LogP contribution < -0.4 is 4.74 Å². The van der Waals surface area contributed by atoms with Crippen molar-refractivity contribution in [3.63, 3.8) is 0 Å². The zero-order valence-corrected chi connectivity index (χ0v) is 17.5. The second-order valence-electron chi connectivity index (χ2n) is 7.38. The van der Waals surface area contributed by atoms with Gasteiger partial charge in [0.15, 0.2) is 0 Å². The summed E-state index contributed by atoms with van der Waals surface area (Å²) in [5.74, 6) is 0.740. The van der Waals surface area contributed by atoms with Crippen molar-refractivity contribution in [3.8, 4) is 22.7 Å². The monoisotopic (exact) mass is 405 g/mol. The molecule has 0 spiro atoms. The average molecular weight is 405 g/mol. The number of rotatable bonds is 7. The van der Waals surface area contributed by atoms with E-state index >= 15 is 0 Å². The number of nitrogens with zero attached hydrogens (tertiary/aromatic N) is 3. The maximum Gasteiger partial charge on any atom is 0.257 e. The Morgan fingerprint density at radius 1 is 1.20 bits per heavy atom. The molecule has 0 N–H and O–H groups in total. The van der Waals surface area contributed by atoms with Gasteiger partial charge < -0.3 is 14.4 Å².